The van der Waals surface area contributed by atoms with Crippen LogP contribution in [0.1, 0.15) is 25.5 Å². The van der Waals surface area contributed by atoms with Gasteiger partial charge in [0.1, 0.15) is 24.7 Å². The Labute approximate surface area is 192 Å². The van der Waals surface area contributed by atoms with Crippen molar-refractivity contribution in [2.75, 3.05) is 23.4 Å². The first-order chi connectivity index (χ1) is 16.3. The summed E-state index contributed by atoms with van der Waals surface area (Å²) in [6.45, 7) is 3.11. The first kappa shape index (κ1) is 23.0. The van der Waals surface area contributed by atoms with Gasteiger partial charge < -0.3 is 15.0 Å². The number of nitrogens with one attached hydrogen (secondary N) is 1. The Kier molecular flexibility index (Phi) is 6.35. The highest BCUT2D eigenvalue weighted by Gasteiger charge is 2.38. The molecule has 34 heavy (non-hydrogen) atoms. The third-order valence-electron chi connectivity index (χ3n) is 5.29. The van der Waals surface area contributed by atoms with E-state index in [1.807, 2.05) is 0 Å². The molecule has 1 amide bonds. The fourth-order valence-corrected chi connectivity index (χ4v) is 3.76. The van der Waals surface area contributed by atoms with Crippen LogP contribution in [0.3, 0.4) is 0 Å². The van der Waals surface area contributed by atoms with E-state index in [1.54, 1.807) is 13.8 Å². The molecule has 4 rings (SSSR count). The molecule has 11 heteroatoms. The molecule has 1 unspecified atom stereocenters. The average molecular weight is 471 g/mol. The van der Waals surface area contributed by atoms with E-state index < -0.39 is 35.4 Å². The smallest absolute Gasteiger partial charge is 0.338 e. The number of ether oxygens (including phenoxy) is 1. The van der Waals surface area contributed by atoms with E-state index in [-0.39, 0.29) is 30.4 Å². The summed E-state index contributed by atoms with van der Waals surface area (Å²) >= 11 is 0. The van der Waals surface area contributed by atoms with Crippen LogP contribution in [0, 0.1) is 17.5 Å². The monoisotopic (exact) mass is 471 g/mol. The highest BCUT2D eigenvalue weighted by atomic mass is 19.2. The average Bonchev–Trinajstić information content (AvgIpc) is 3.28. The molecule has 2 aromatic carbocycles. The van der Waals surface area contributed by atoms with Crippen molar-refractivity contribution >= 4 is 23.5 Å². The first-order valence-electron chi connectivity index (χ1n) is 10.4. The number of carbonyl (C=O) groups is 2. The van der Waals surface area contributed by atoms with E-state index >= 15 is 0 Å². The van der Waals surface area contributed by atoms with Crippen LogP contribution in [-0.4, -0.2) is 39.8 Å². The van der Waals surface area contributed by atoms with Crippen molar-refractivity contribution in [2.45, 2.75) is 19.9 Å². The topological polar surface area (TPSA) is 89.3 Å². The lowest BCUT2D eigenvalue weighted by atomic mass is 9.95. The van der Waals surface area contributed by atoms with E-state index in [1.165, 1.54) is 46.2 Å². The number of benzene rings is 2. The number of amides is 1. The standard InChI is InChI=1S/C23H20F3N5O3/c1-3-34-22(33)20-13(2)30(11-19(32)29-16-8-9-17(25)18(26)10-16)23-27-12-28-31(23)21(20)14-4-6-15(24)7-5-14/h4-10,12,21H,3,11H2,1-2H3,(H,29,32). The van der Waals surface area contributed by atoms with Crippen molar-refractivity contribution in [2.24, 2.45) is 0 Å². The van der Waals surface area contributed by atoms with Crippen molar-refractivity contribution in [3.05, 3.63) is 83.1 Å². The number of rotatable bonds is 6. The second kappa shape index (κ2) is 9.38. The Morgan fingerprint density at radius 3 is 2.50 bits per heavy atom. The number of aromatic nitrogens is 3. The van der Waals surface area contributed by atoms with Gasteiger partial charge in [-0.2, -0.15) is 10.1 Å². The van der Waals surface area contributed by atoms with Gasteiger partial charge in [-0.15, -0.1) is 0 Å². The number of esters is 1. The quantitative estimate of drug-likeness (QED) is 0.553. The maximum Gasteiger partial charge on any atom is 0.338 e. The number of hydrogen-bond donors (Lipinski definition) is 1. The zero-order valence-electron chi connectivity index (χ0n) is 18.3. The van der Waals surface area contributed by atoms with Gasteiger partial charge in [-0.3, -0.25) is 4.79 Å². The molecule has 0 spiro atoms. The van der Waals surface area contributed by atoms with Gasteiger partial charge in [0.25, 0.3) is 0 Å². The summed E-state index contributed by atoms with van der Waals surface area (Å²) in [7, 11) is 0. The van der Waals surface area contributed by atoms with E-state index in [0.29, 0.717) is 11.3 Å². The van der Waals surface area contributed by atoms with Crippen LogP contribution in [0.25, 0.3) is 0 Å². The number of hydrogen-bond acceptors (Lipinski definition) is 6. The minimum absolute atomic E-state index is 0.0683. The van der Waals surface area contributed by atoms with Crippen LogP contribution in [0.15, 0.2) is 60.1 Å². The molecule has 3 aromatic rings. The maximum atomic E-state index is 13.5. The molecule has 0 radical (unpaired) electrons. The summed E-state index contributed by atoms with van der Waals surface area (Å²) in [5, 5.41) is 6.73. The molecule has 0 fully saturated rings. The second-order valence-corrected chi connectivity index (χ2v) is 7.44. The third-order valence-corrected chi connectivity index (χ3v) is 5.29. The van der Waals surface area contributed by atoms with Gasteiger partial charge in [0.2, 0.25) is 11.9 Å². The molecular formula is C23H20F3N5O3. The Morgan fingerprint density at radius 2 is 1.82 bits per heavy atom. The number of allylic oxidation sites excluding steroid dienone is 1. The zero-order chi connectivity index (χ0) is 24.4. The Hall–Kier alpha value is -4.15. The molecule has 0 bridgehead atoms. The van der Waals surface area contributed by atoms with Crippen molar-refractivity contribution in [1.82, 2.24) is 14.8 Å². The predicted molar refractivity (Wildman–Crippen MR) is 116 cm³/mol. The number of halogens is 3. The van der Waals surface area contributed by atoms with E-state index in [9.17, 15) is 22.8 Å². The first-order valence-corrected chi connectivity index (χ1v) is 10.4. The largest absolute Gasteiger partial charge is 0.463 e. The molecule has 1 aliphatic heterocycles. The normalized spacial score (nSPS) is 15.2. The molecule has 1 aliphatic rings. The van der Waals surface area contributed by atoms with Gasteiger partial charge in [0.15, 0.2) is 11.6 Å². The third kappa shape index (κ3) is 4.36. The Bertz CT molecular complexity index is 1270. The lowest BCUT2D eigenvalue weighted by molar-refractivity contribution is -0.139. The highest BCUT2D eigenvalue weighted by molar-refractivity contribution is 5.96. The molecular weight excluding hydrogens is 451 g/mol. The molecule has 0 saturated heterocycles. The summed E-state index contributed by atoms with van der Waals surface area (Å²) < 4.78 is 46.9. The van der Waals surface area contributed by atoms with Crippen LogP contribution in [-0.2, 0) is 14.3 Å². The summed E-state index contributed by atoms with van der Waals surface area (Å²) in [6, 6.07) is 7.84. The van der Waals surface area contributed by atoms with Gasteiger partial charge in [0, 0.05) is 17.5 Å². The number of nitrogens with zero attached hydrogens (tertiary/aromatic N) is 4. The molecule has 176 valence electrons. The molecule has 8 nitrogen and oxygen atoms in total. The van der Waals surface area contributed by atoms with Gasteiger partial charge in [0.05, 0.1) is 12.2 Å². The van der Waals surface area contributed by atoms with Gasteiger partial charge in [-0.1, -0.05) is 12.1 Å². The lowest BCUT2D eigenvalue weighted by Crippen LogP contribution is -2.40. The lowest BCUT2D eigenvalue weighted by Gasteiger charge is -2.35. The summed E-state index contributed by atoms with van der Waals surface area (Å²) in [5.41, 5.74) is 1.22. The summed E-state index contributed by atoms with van der Waals surface area (Å²) in [6.07, 6.45) is 1.27. The summed E-state index contributed by atoms with van der Waals surface area (Å²) in [5.74, 6) is -3.50. The molecule has 1 atom stereocenters. The Morgan fingerprint density at radius 1 is 1.09 bits per heavy atom. The molecule has 2 heterocycles. The van der Waals surface area contributed by atoms with E-state index in [2.05, 4.69) is 15.4 Å². The van der Waals surface area contributed by atoms with Crippen molar-refractivity contribution in [3.8, 4) is 0 Å². The molecule has 0 aliphatic carbocycles. The minimum Gasteiger partial charge on any atom is -0.463 e. The van der Waals surface area contributed by atoms with Gasteiger partial charge in [-0.25, -0.2) is 22.6 Å². The second-order valence-electron chi connectivity index (χ2n) is 7.44. The predicted octanol–water partition coefficient (Wildman–Crippen LogP) is 3.58. The van der Waals surface area contributed by atoms with Gasteiger partial charge in [-0.05, 0) is 43.7 Å². The highest BCUT2D eigenvalue weighted by Crippen LogP contribution is 2.38. The zero-order valence-corrected chi connectivity index (χ0v) is 18.3. The molecule has 0 saturated carbocycles. The fraction of sp³-hybridized carbons (Fsp3) is 0.217. The fourth-order valence-electron chi connectivity index (χ4n) is 3.76. The maximum absolute atomic E-state index is 13.5. The van der Waals surface area contributed by atoms with Crippen LogP contribution in [0.2, 0.25) is 0 Å². The molecule has 1 N–H and O–H groups in total. The number of anilines is 2. The van der Waals surface area contributed by atoms with Crippen LogP contribution in [0.4, 0.5) is 24.8 Å². The van der Waals surface area contributed by atoms with Gasteiger partial charge >= 0.3 is 5.97 Å². The van der Waals surface area contributed by atoms with Crippen molar-refractivity contribution in [1.29, 1.82) is 0 Å². The van der Waals surface area contributed by atoms with Crippen molar-refractivity contribution < 1.29 is 27.5 Å². The number of carbonyl (C=O) groups excluding carboxylic acids is 2. The number of fused-ring (bicyclic) bond motifs is 1. The van der Waals surface area contributed by atoms with Crippen molar-refractivity contribution in [3.63, 3.8) is 0 Å². The van der Waals surface area contributed by atoms with E-state index in [4.69, 9.17) is 4.74 Å². The minimum atomic E-state index is -1.10. The van der Waals surface area contributed by atoms with Crippen LogP contribution >= 0.6 is 0 Å². The van der Waals surface area contributed by atoms with Crippen LogP contribution < -0.4 is 10.2 Å². The summed E-state index contributed by atoms with van der Waals surface area (Å²) in [4.78, 5) is 31.4. The molecule has 1 aromatic heterocycles. The van der Waals surface area contributed by atoms with Crippen LogP contribution in [0.5, 0.6) is 0 Å². The Balaban J connectivity index is 1.71. The van der Waals surface area contributed by atoms with E-state index in [0.717, 1.165) is 12.1 Å². The SMILES string of the molecule is CCOC(=O)C1=C(C)N(CC(=O)Nc2ccc(F)c(F)c2)c2ncnn2C1c1ccc(F)cc1.